The first kappa shape index (κ1) is 21.8. The monoisotopic (exact) mass is 434 g/mol. The van der Waals surface area contributed by atoms with Crippen molar-refractivity contribution in [3.63, 3.8) is 0 Å². The quantitative estimate of drug-likeness (QED) is 0.203. The Kier molecular flexibility index (Phi) is 6.40. The molecule has 1 aromatic heterocycles. The fraction of sp³-hybridized carbons (Fsp3) is 0.269. The molecule has 1 atom stereocenters. The average molecular weight is 434 g/mol. The van der Waals surface area contributed by atoms with E-state index in [-0.39, 0.29) is 17.8 Å². The van der Waals surface area contributed by atoms with Gasteiger partial charge in [-0.1, -0.05) is 35.5 Å². The van der Waals surface area contributed by atoms with E-state index in [1.54, 1.807) is 42.6 Å². The summed E-state index contributed by atoms with van der Waals surface area (Å²) in [5.74, 6) is -1.27. The van der Waals surface area contributed by atoms with E-state index < -0.39 is 17.6 Å². The number of Topliss-reactive ketones (excluding diaryl/α,β-unsaturated/α-hetero) is 1. The number of ketones is 1. The van der Waals surface area contributed by atoms with Crippen LogP contribution in [0, 0.1) is 24.5 Å². The predicted molar refractivity (Wildman–Crippen MR) is 118 cm³/mol. The third-order valence-electron chi connectivity index (χ3n) is 5.89. The minimum atomic E-state index is -0.674. The summed E-state index contributed by atoms with van der Waals surface area (Å²) < 4.78 is 28.3. The number of carbonyl (C=O) groups is 1. The normalized spacial score (nSPS) is 14.9. The number of hydrogen-bond donors (Lipinski definition) is 1. The number of rotatable bonds is 8. The van der Waals surface area contributed by atoms with Gasteiger partial charge in [-0.05, 0) is 55.0 Å². The first-order valence-corrected chi connectivity index (χ1v) is 10.7. The summed E-state index contributed by atoms with van der Waals surface area (Å²) in [5.41, 5.74) is 3.44. The summed E-state index contributed by atoms with van der Waals surface area (Å²) in [4.78, 5) is 16.6. The number of halogens is 2. The Labute approximate surface area is 185 Å². The van der Waals surface area contributed by atoms with Crippen LogP contribution in [-0.2, 0) is 0 Å². The molecule has 0 bridgehead atoms. The maximum Gasteiger partial charge on any atom is 0.163 e. The van der Waals surface area contributed by atoms with Crippen molar-refractivity contribution in [1.29, 1.82) is 0 Å². The molecule has 0 aliphatic heterocycles. The number of benzene rings is 2. The zero-order valence-electron chi connectivity index (χ0n) is 17.8. The molecule has 32 heavy (non-hydrogen) atoms. The zero-order chi connectivity index (χ0) is 22.7. The van der Waals surface area contributed by atoms with Crippen LogP contribution in [0.2, 0.25) is 0 Å². The molecule has 4 rings (SSSR count). The molecule has 1 N–H and O–H groups in total. The lowest BCUT2D eigenvalue weighted by atomic mass is 9.84. The molecule has 164 valence electrons. The largest absolute Gasteiger partial charge is 0.411 e. The standard InChI is InChI=1S/C26H24F2N2O2/c1-16-12-20(10-11-29-16)25(30-32)15-23(22-9-8-21(27)14-24(22)28)18-4-6-19(7-5-18)26(31)13-17-2-3-17/h4-12,14,17,23,32H,2-3,13,15H2,1H3/b30-25+. The van der Waals surface area contributed by atoms with Crippen molar-refractivity contribution in [2.45, 2.75) is 38.5 Å². The topological polar surface area (TPSA) is 62.5 Å². The molecule has 3 aromatic rings. The molecule has 1 aliphatic carbocycles. The van der Waals surface area contributed by atoms with Gasteiger partial charge >= 0.3 is 0 Å². The lowest BCUT2D eigenvalue weighted by Gasteiger charge is -2.20. The molecule has 0 spiro atoms. The molecule has 1 unspecified atom stereocenters. The Hall–Kier alpha value is -3.41. The van der Waals surface area contributed by atoms with Gasteiger partial charge in [0.2, 0.25) is 0 Å². The van der Waals surface area contributed by atoms with E-state index >= 15 is 0 Å². The summed E-state index contributed by atoms with van der Waals surface area (Å²) in [6.07, 6.45) is 4.56. The van der Waals surface area contributed by atoms with E-state index in [1.807, 2.05) is 6.92 Å². The minimum absolute atomic E-state index is 0.105. The van der Waals surface area contributed by atoms with E-state index in [9.17, 15) is 18.8 Å². The van der Waals surface area contributed by atoms with Crippen LogP contribution >= 0.6 is 0 Å². The van der Waals surface area contributed by atoms with Gasteiger partial charge in [-0.2, -0.15) is 0 Å². The Bertz CT molecular complexity index is 1150. The van der Waals surface area contributed by atoms with Crippen LogP contribution in [0.4, 0.5) is 8.78 Å². The number of hydrogen-bond acceptors (Lipinski definition) is 4. The van der Waals surface area contributed by atoms with E-state index in [1.165, 1.54) is 12.1 Å². The first-order chi connectivity index (χ1) is 15.4. The van der Waals surface area contributed by atoms with Crippen LogP contribution in [0.3, 0.4) is 0 Å². The van der Waals surface area contributed by atoms with Gasteiger partial charge in [-0.25, -0.2) is 8.78 Å². The van der Waals surface area contributed by atoms with Crippen molar-refractivity contribution in [1.82, 2.24) is 4.98 Å². The highest BCUT2D eigenvalue weighted by atomic mass is 19.1. The van der Waals surface area contributed by atoms with Gasteiger partial charge in [0.1, 0.15) is 11.6 Å². The van der Waals surface area contributed by atoms with Crippen molar-refractivity contribution in [3.05, 3.63) is 100 Å². The molecular formula is C26H24F2N2O2. The summed E-state index contributed by atoms with van der Waals surface area (Å²) >= 11 is 0. The third-order valence-corrected chi connectivity index (χ3v) is 5.89. The molecular weight excluding hydrogens is 410 g/mol. The number of aryl methyl sites for hydroxylation is 1. The summed E-state index contributed by atoms with van der Waals surface area (Å²) in [5, 5.41) is 13.2. The molecule has 6 heteroatoms. The SMILES string of the molecule is Cc1cc(/C(CC(c2ccc(C(=O)CC3CC3)cc2)c2ccc(F)cc2F)=N/O)ccn1. The van der Waals surface area contributed by atoms with Crippen LogP contribution in [0.15, 0.2) is 65.9 Å². The lowest BCUT2D eigenvalue weighted by Crippen LogP contribution is -2.13. The molecule has 1 saturated carbocycles. The second-order valence-electron chi connectivity index (χ2n) is 8.35. The molecule has 0 saturated heterocycles. The van der Waals surface area contributed by atoms with E-state index in [4.69, 9.17) is 0 Å². The second kappa shape index (κ2) is 9.39. The number of aromatic nitrogens is 1. The number of oxime groups is 1. The lowest BCUT2D eigenvalue weighted by molar-refractivity contribution is 0.0976. The Morgan fingerprint density at radius 2 is 1.84 bits per heavy atom. The Morgan fingerprint density at radius 1 is 1.09 bits per heavy atom. The molecule has 0 radical (unpaired) electrons. The molecule has 0 amide bonds. The highest BCUT2D eigenvalue weighted by Crippen LogP contribution is 2.35. The average Bonchev–Trinajstić information content (AvgIpc) is 3.59. The van der Waals surface area contributed by atoms with Crippen LogP contribution in [0.25, 0.3) is 0 Å². The van der Waals surface area contributed by atoms with E-state index in [0.29, 0.717) is 29.2 Å². The molecule has 2 aromatic carbocycles. The number of nitrogens with zero attached hydrogens (tertiary/aromatic N) is 2. The maximum absolute atomic E-state index is 14.8. The van der Waals surface area contributed by atoms with Crippen LogP contribution < -0.4 is 0 Å². The van der Waals surface area contributed by atoms with Gasteiger partial charge in [0.05, 0.1) is 5.71 Å². The van der Waals surface area contributed by atoms with Crippen LogP contribution in [-0.4, -0.2) is 21.7 Å². The summed E-state index contributed by atoms with van der Waals surface area (Å²) in [6, 6.07) is 14.1. The fourth-order valence-corrected chi connectivity index (χ4v) is 3.93. The highest BCUT2D eigenvalue weighted by Gasteiger charge is 2.26. The fourth-order valence-electron chi connectivity index (χ4n) is 3.93. The Balaban J connectivity index is 1.68. The zero-order valence-corrected chi connectivity index (χ0v) is 17.8. The van der Waals surface area contributed by atoms with Crippen molar-refractivity contribution < 1.29 is 18.8 Å². The smallest absolute Gasteiger partial charge is 0.163 e. The van der Waals surface area contributed by atoms with Crippen LogP contribution in [0.1, 0.15) is 64.3 Å². The van der Waals surface area contributed by atoms with Crippen LogP contribution in [0.5, 0.6) is 0 Å². The molecule has 1 heterocycles. The van der Waals surface area contributed by atoms with Crippen molar-refractivity contribution in [2.24, 2.45) is 11.1 Å². The predicted octanol–water partition coefficient (Wildman–Crippen LogP) is 6.05. The molecule has 1 aliphatic rings. The van der Waals surface area contributed by atoms with Gasteiger partial charge < -0.3 is 5.21 Å². The summed E-state index contributed by atoms with van der Waals surface area (Å²) in [7, 11) is 0. The van der Waals surface area contributed by atoms with Gasteiger partial charge in [0.25, 0.3) is 0 Å². The molecule has 4 nitrogen and oxygen atoms in total. The van der Waals surface area contributed by atoms with Gasteiger partial charge in [0.15, 0.2) is 5.78 Å². The van der Waals surface area contributed by atoms with Crippen molar-refractivity contribution in [3.8, 4) is 0 Å². The van der Waals surface area contributed by atoms with E-state index in [0.717, 1.165) is 30.2 Å². The number of carbonyl (C=O) groups excluding carboxylic acids is 1. The second-order valence-corrected chi connectivity index (χ2v) is 8.35. The van der Waals surface area contributed by atoms with Gasteiger partial charge in [-0.15, -0.1) is 0 Å². The van der Waals surface area contributed by atoms with Gasteiger partial charge in [-0.3, -0.25) is 9.78 Å². The minimum Gasteiger partial charge on any atom is -0.411 e. The van der Waals surface area contributed by atoms with Crippen molar-refractivity contribution >= 4 is 11.5 Å². The maximum atomic E-state index is 14.8. The third kappa shape index (κ3) is 5.07. The first-order valence-electron chi connectivity index (χ1n) is 10.7. The molecule has 1 fully saturated rings. The summed E-state index contributed by atoms with van der Waals surface area (Å²) in [6.45, 7) is 1.83. The Morgan fingerprint density at radius 3 is 2.47 bits per heavy atom. The highest BCUT2D eigenvalue weighted by molar-refractivity contribution is 6.01. The van der Waals surface area contributed by atoms with Gasteiger partial charge in [0, 0.05) is 47.8 Å². The van der Waals surface area contributed by atoms with E-state index in [2.05, 4.69) is 10.1 Å². The van der Waals surface area contributed by atoms with Crippen molar-refractivity contribution in [2.75, 3.05) is 0 Å². The number of pyridine rings is 1.